The average Bonchev–Trinajstić information content (AvgIpc) is 3.73. The number of amides is 1. The van der Waals surface area contributed by atoms with E-state index in [-0.39, 0.29) is 24.4 Å². The molecule has 1 unspecified atom stereocenters. The quantitative estimate of drug-likeness (QED) is 0.238. The maximum atomic E-state index is 13.6. The summed E-state index contributed by atoms with van der Waals surface area (Å²) >= 11 is 0. The van der Waals surface area contributed by atoms with E-state index >= 15 is 0 Å². The molecule has 3 aromatic carbocycles. The summed E-state index contributed by atoms with van der Waals surface area (Å²) in [5, 5.41) is 8.93. The summed E-state index contributed by atoms with van der Waals surface area (Å²) in [7, 11) is 2.99. The molecular weight excluding hydrogens is 538 g/mol. The molecule has 1 amide bonds. The molecule has 4 aromatic rings. The van der Waals surface area contributed by atoms with Crippen LogP contribution in [0.2, 0.25) is 0 Å². The molecule has 0 spiro atoms. The Morgan fingerprint density at radius 2 is 1.80 bits per heavy atom. The fraction of sp³-hybridized carbons (Fsp3) is 0.207. The van der Waals surface area contributed by atoms with Crippen molar-refractivity contribution in [1.82, 2.24) is 10.4 Å². The molecule has 2 aliphatic heterocycles. The lowest BCUT2D eigenvalue weighted by Gasteiger charge is -2.19. The highest BCUT2D eigenvalue weighted by Gasteiger charge is 2.34. The fourth-order valence-corrected chi connectivity index (χ4v) is 4.91. The Balaban J connectivity index is 1.28. The van der Waals surface area contributed by atoms with Gasteiger partial charge in [0.1, 0.15) is 23.4 Å². The third-order valence-corrected chi connectivity index (χ3v) is 6.81. The molecule has 0 radical (unpaired) electrons. The summed E-state index contributed by atoms with van der Waals surface area (Å²) in [6, 6.07) is 11.8. The van der Waals surface area contributed by atoms with Gasteiger partial charge in [-0.05, 0) is 42.0 Å². The number of hydrazone groups is 1. The van der Waals surface area contributed by atoms with Crippen molar-refractivity contribution in [3.8, 4) is 23.0 Å². The molecule has 0 saturated carbocycles. The van der Waals surface area contributed by atoms with E-state index in [9.17, 15) is 13.6 Å². The SMILES string of the molecule is COc1c(C=NNC(=O)c2cc3cc(F)ccc3[nH]2)c(CC2CC(c3ccc(F)cc3)=NO2)c(OC)c2c1OCO2. The molecule has 41 heavy (non-hydrogen) atoms. The molecule has 2 N–H and O–H groups in total. The van der Waals surface area contributed by atoms with Gasteiger partial charge in [0.05, 0.1) is 26.1 Å². The number of rotatable bonds is 8. The van der Waals surface area contributed by atoms with Crippen molar-refractivity contribution >= 4 is 28.7 Å². The van der Waals surface area contributed by atoms with E-state index in [4.69, 9.17) is 23.8 Å². The normalized spacial score (nSPS) is 15.7. The van der Waals surface area contributed by atoms with Crippen LogP contribution in [0, 0.1) is 11.6 Å². The second kappa shape index (κ2) is 10.8. The number of H-pyrrole nitrogens is 1. The number of methoxy groups -OCH3 is 2. The zero-order chi connectivity index (χ0) is 28.5. The number of ether oxygens (including phenoxy) is 4. The van der Waals surface area contributed by atoms with E-state index in [0.29, 0.717) is 63.6 Å². The van der Waals surface area contributed by atoms with Crippen LogP contribution in [0.4, 0.5) is 8.78 Å². The Morgan fingerprint density at radius 1 is 1.07 bits per heavy atom. The number of benzene rings is 3. The maximum Gasteiger partial charge on any atom is 0.287 e. The monoisotopic (exact) mass is 562 g/mol. The summed E-state index contributed by atoms with van der Waals surface area (Å²) < 4.78 is 49.7. The van der Waals surface area contributed by atoms with Crippen LogP contribution in [0.1, 0.15) is 33.6 Å². The Labute approximate surface area is 232 Å². The molecule has 0 aliphatic carbocycles. The molecule has 1 aromatic heterocycles. The van der Waals surface area contributed by atoms with Gasteiger partial charge in [0.2, 0.25) is 18.3 Å². The van der Waals surface area contributed by atoms with Crippen LogP contribution in [0.15, 0.2) is 58.8 Å². The van der Waals surface area contributed by atoms with Gasteiger partial charge in [-0.25, -0.2) is 14.2 Å². The third-order valence-electron chi connectivity index (χ3n) is 6.81. The second-order valence-corrected chi connectivity index (χ2v) is 9.32. The van der Waals surface area contributed by atoms with E-state index in [0.717, 1.165) is 5.56 Å². The number of halogens is 2. The number of fused-ring (bicyclic) bond motifs is 2. The number of carbonyl (C=O) groups excluding carboxylic acids is 1. The van der Waals surface area contributed by atoms with Crippen molar-refractivity contribution in [1.29, 1.82) is 0 Å². The van der Waals surface area contributed by atoms with Gasteiger partial charge in [0.25, 0.3) is 5.91 Å². The standard InChI is InChI=1S/C29H24F2N4O6/c1-37-25-20(11-19-12-23(35-41-19)15-3-5-17(30)6-4-15)21(26(38-2)28-27(25)39-14-40-28)13-32-34-29(36)24-10-16-9-18(31)7-8-22(16)33-24/h3-10,13,19,33H,11-12,14H2,1-2H3,(H,34,36). The van der Waals surface area contributed by atoms with Gasteiger partial charge in [0.15, 0.2) is 11.5 Å². The average molecular weight is 563 g/mol. The smallest absolute Gasteiger partial charge is 0.287 e. The number of nitrogens with zero attached hydrogens (tertiary/aromatic N) is 2. The Hall–Kier alpha value is -5.13. The van der Waals surface area contributed by atoms with Crippen molar-refractivity contribution in [2.45, 2.75) is 18.9 Å². The minimum atomic E-state index is -0.525. The summed E-state index contributed by atoms with van der Waals surface area (Å²) in [5.74, 6) is 0.198. The van der Waals surface area contributed by atoms with E-state index in [2.05, 4.69) is 20.7 Å². The molecule has 0 saturated heterocycles. The first-order valence-corrected chi connectivity index (χ1v) is 12.6. The largest absolute Gasteiger partial charge is 0.492 e. The number of oxime groups is 1. The number of hydrogen-bond donors (Lipinski definition) is 2. The second-order valence-electron chi connectivity index (χ2n) is 9.32. The first kappa shape index (κ1) is 26.1. The number of nitrogens with one attached hydrogen (secondary N) is 2. The molecule has 1 atom stereocenters. The van der Waals surface area contributed by atoms with Crippen LogP contribution in [0.3, 0.4) is 0 Å². The van der Waals surface area contributed by atoms with Gasteiger partial charge in [-0.15, -0.1) is 0 Å². The zero-order valence-electron chi connectivity index (χ0n) is 22.0. The van der Waals surface area contributed by atoms with Crippen LogP contribution in [0.5, 0.6) is 23.0 Å². The summed E-state index contributed by atoms with van der Waals surface area (Å²) in [6.07, 6.45) is 1.81. The number of carbonyl (C=O) groups is 1. The minimum Gasteiger partial charge on any atom is -0.492 e. The minimum absolute atomic E-state index is 0.0302. The first-order valence-electron chi connectivity index (χ1n) is 12.6. The number of aromatic amines is 1. The van der Waals surface area contributed by atoms with Crippen molar-refractivity contribution in [2.75, 3.05) is 21.0 Å². The molecule has 3 heterocycles. The van der Waals surface area contributed by atoms with Crippen molar-refractivity contribution in [3.63, 3.8) is 0 Å². The zero-order valence-corrected chi connectivity index (χ0v) is 22.0. The van der Waals surface area contributed by atoms with Crippen LogP contribution in [-0.4, -0.2) is 49.9 Å². The molecule has 0 fully saturated rings. The van der Waals surface area contributed by atoms with Crippen molar-refractivity contribution < 1.29 is 37.4 Å². The number of aromatic nitrogens is 1. The van der Waals surface area contributed by atoms with Gasteiger partial charge in [-0.2, -0.15) is 5.10 Å². The Morgan fingerprint density at radius 3 is 2.56 bits per heavy atom. The van der Waals surface area contributed by atoms with Gasteiger partial charge < -0.3 is 28.8 Å². The Bertz CT molecular complexity index is 1700. The lowest BCUT2D eigenvalue weighted by molar-refractivity contribution is 0.0853. The van der Waals surface area contributed by atoms with Gasteiger partial charge in [-0.3, -0.25) is 4.79 Å². The molecule has 210 valence electrons. The predicted octanol–water partition coefficient (Wildman–Crippen LogP) is 4.69. The lowest BCUT2D eigenvalue weighted by atomic mass is 9.95. The van der Waals surface area contributed by atoms with Crippen LogP contribution in [0.25, 0.3) is 10.9 Å². The molecule has 12 heteroatoms. The summed E-state index contributed by atoms with van der Waals surface area (Å²) in [5.41, 5.74) is 5.86. The highest BCUT2D eigenvalue weighted by Crippen LogP contribution is 2.52. The highest BCUT2D eigenvalue weighted by molar-refractivity contribution is 6.01. The fourth-order valence-electron chi connectivity index (χ4n) is 4.91. The molecule has 10 nitrogen and oxygen atoms in total. The first-order chi connectivity index (χ1) is 19.9. The number of hydrogen-bond acceptors (Lipinski definition) is 8. The van der Waals surface area contributed by atoms with Gasteiger partial charge in [-0.1, -0.05) is 17.3 Å². The third kappa shape index (κ3) is 4.99. The molecular formula is C29H24F2N4O6. The topological polar surface area (TPSA) is 116 Å². The van der Waals surface area contributed by atoms with E-state index in [1.54, 1.807) is 18.2 Å². The molecule has 6 rings (SSSR count). The van der Waals surface area contributed by atoms with E-state index in [1.807, 2.05) is 0 Å². The van der Waals surface area contributed by atoms with E-state index in [1.165, 1.54) is 50.8 Å². The molecule has 2 aliphatic rings. The van der Waals surface area contributed by atoms with Crippen molar-refractivity contribution in [2.24, 2.45) is 10.3 Å². The summed E-state index contributed by atoms with van der Waals surface area (Å²) in [6.45, 7) is -0.0302. The molecule has 0 bridgehead atoms. The van der Waals surface area contributed by atoms with Crippen LogP contribution in [-0.2, 0) is 11.3 Å². The van der Waals surface area contributed by atoms with E-state index < -0.39 is 11.7 Å². The van der Waals surface area contributed by atoms with Crippen LogP contribution >= 0.6 is 0 Å². The van der Waals surface area contributed by atoms with Crippen LogP contribution < -0.4 is 24.4 Å². The summed E-state index contributed by atoms with van der Waals surface area (Å²) in [4.78, 5) is 21.5. The van der Waals surface area contributed by atoms with Gasteiger partial charge in [0, 0.05) is 34.9 Å². The highest BCUT2D eigenvalue weighted by atomic mass is 19.1. The predicted molar refractivity (Wildman–Crippen MR) is 145 cm³/mol. The van der Waals surface area contributed by atoms with Gasteiger partial charge >= 0.3 is 0 Å². The van der Waals surface area contributed by atoms with Crippen molar-refractivity contribution in [3.05, 3.63) is 82.5 Å². The Kier molecular flexibility index (Phi) is 6.88. The lowest BCUT2D eigenvalue weighted by Crippen LogP contribution is -2.19. The maximum absolute atomic E-state index is 13.6.